The monoisotopic (exact) mass is 297 g/mol. The van der Waals surface area contributed by atoms with Crippen LogP contribution in [0.3, 0.4) is 0 Å². The van der Waals surface area contributed by atoms with Crippen molar-refractivity contribution in [3.8, 4) is 0 Å². The Hall–Kier alpha value is -0.350. The van der Waals surface area contributed by atoms with Gasteiger partial charge in [-0.25, -0.2) is 0 Å². The Morgan fingerprint density at radius 3 is 2.82 bits per heavy atom. The Morgan fingerprint density at radius 1 is 1.53 bits per heavy atom. The van der Waals surface area contributed by atoms with Crippen molar-refractivity contribution in [1.29, 1.82) is 0 Å². The van der Waals surface area contributed by atoms with Crippen LogP contribution >= 0.6 is 15.9 Å². The molecule has 3 atom stereocenters. The quantitative estimate of drug-likeness (QED) is 0.926. The summed E-state index contributed by atoms with van der Waals surface area (Å²) in [7, 11) is 2.08. The number of aryl methyl sites for hydroxylation is 1. The third kappa shape index (κ3) is 1.76. The molecule has 2 aliphatic carbocycles. The molecule has 17 heavy (non-hydrogen) atoms. The molecule has 1 aromatic heterocycles. The van der Waals surface area contributed by atoms with Crippen molar-refractivity contribution in [2.24, 2.45) is 17.8 Å². The number of nitrogens with one attached hydrogen (secondary N) is 1. The van der Waals surface area contributed by atoms with Crippen molar-refractivity contribution in [2.75, 3.05) is 7.05 Å². The lowest BCUT2D eigenvalue weighted by atomic mass is 10.0. The lowest BCUT2D eigenvalue weighted by molar-refractivity contribution is 0.413. The first kappa shape index (κ1) is 11.7. The molecule has 0 aliphatic heterocycles. The molecule has 0 saturated heterocycles. The number of aromatic nitrogens is 2. The van der Waals surface area contributed by atoms with E-state index in [0.717, 1.165) is 28.8 Å². The van der Waals surface area contributed by atoms with Crippen molar-refractivity contribution in [1.82, 2.24) is 15.1 Å². The van der Waals surface area contributed by atoms with E-state index < -0.39 is 0 Å². The minimum atomic E-state index is 0.474. The summed E-state index contributed by atoms with van der Waals surface area (Å²) in [4.78, 5) is 0. The summed E-state index contributed by atoms with van der Waals surface area (Å²) in [6, 6.07) is 0.474. The topological polar surface area (TPSA) is 29.9 Å². The Kier molecular flexibility index (Phi) is 3.03. The number of hydrogen-bond donors (Lipinski definition) is 1. The molecule has 2 saturated carbocycles. The smallest absolute Gasteiger partial charge is 0.0698 e. The number of nitrogens with zero attached hydrogens (tertiary/aromatic N) is 2. The molecular formula is C13H20BrN3. The zero-order valence-corrected chi connectivity index (χ0v) is 12.1. The summed E-state index contributed by atoms with van der Waals surface area (Å²) in [6.45, 7) is 3.10. The molecule has 3 nitrogen and oxygen atoms in total. The fraction of sp³-hybridized carbons (Fsp3) is 0.769. The number of hydrogen-bond acceptors (Lipinski definition) is 2. The molecular weight excluding hydrogens is 278 g/mol. The van der Waals surface area contributed by atoms with E-state index in [-0.39, 0.29) is 0 Å². The molecule has 1 heterocycles. The highest BCUT2D eigenvalue weighted by atomic mass is 79.9. The molecule has 0 amide bonds. The van der Waals surface area contributed by atoms with Crippen LogP contribution in [-0.2, 0) is 6.54 Å². The zero-order chi connectivity index (χ0) is 12.0. The van der Waals surface area contributed by atoms with Crippen molar-refractivity contribution in [2.45, 2.75) is 38.8 Å². The number of fused-ring (bicyclic) bond motifs is 1. The minimum absolute atomic E-state index is 0.474. The van der Waals surface area contributed by atoms with E-state index in [1.54, 1.807) is 0 Å². The van der Waals surface area contributed by atoms with Crippen LogP contribution in [0.5, 0.6) is 0 Å². The molecule has 3 unspecified atom stereocenters. The van der Waals surface area contributed by atoms with Crippen LogP contribution in [0, 0.1) is 17.8 Å². The largest absolute Gasteiger partial charge is 0.311 e. The molecule has 2 aliphatic rings. The highest BCUT2D eigenvalue weighted by molar-refractivity contribution is 9.10. The summed E-state index contributed by atoms with van der Waals surface area (Å²) < 4.78 is 3.28. The van der Waals surface area contributed by atoms with Crippen molar-refractivity contribution in [3.63, 3.8) is 0 Å². The Labute approximate surface area is 111 Å². The molecule has 0 bridgehead atoms. The van der Waals surface area contributed by atoms with Gasteiger partial charge in [0.1, 0.15) is 0 Å². The van der Waals surface area contributed by atoms with Crippen molar-refractivity contribution in [3.05, 3.63) is 16.4 Å². The van der Waals surface area contributed by atoms with Gasteiger partial charge in [0.2, 0.25) is 0 Å². The highest BCUT2D eigenvalue weighted by Gasteiger charge is 2.56. The van der Waals surface area contributed by atoms with Gasteiger partial charge in [-0.3, -0.25) is 4.68 Å². The summed E-state index contributed by atoms with van der Waals surface area (Å²) in [5.41, 5.74) is 1.34. The molecule has 94 valence electrons. The van der Waals surface area contributed by atoms with E-state index >= 15 is 0 Å². The van der Waals surface area contributed by atoms with Crippen LogP contribution in [-0.4, -0.2) is 16.8 Å². The van der Waals surface area contributed by atoms with Gasteiger partial charge in [-0.05, 0) is 60.5 Å². The summed E-state index contributed by atoms with van der Waals surface area (Å²) in [5.74, 6) is 2.78. The first-order chi connectivity index (χ1) is 8.27. The van der Waals surface area contributed by atoms with Crippen LogP contribution in [0.15, 0.2) is 10.7 Å². The van der Waals surface area contributed by atoms with E-state index in [9.17, 15) is 0 Å². The predicted molar refractivity (Wildman–Crippen MR) is 71.7 cm³/mol. The maximum atomic E-state index is 4.44. The van der Waals surface area contributed by atoms with Gasteiger partial charge in [-0.15, -0.1) is 0 Å². The van der Waals surface area contributed by atoms with E-state index in [1.165, 1.54) is 25.0 Å². The Bertz CT molecular complexity index is 405. The molecule has 1 aromatic rings. The fourth-order valence-electron chi connectivity index (χ4n) is 3.82. The number of halogens is 1. The first-order valence-electron chi connectivity index (χ1n) is 6.66. The second kappa shape index (κ2) is 4.39. The number of rotatable bonds is 4. The predicted octanol–water partition coefficient (Wildman–Crippen LogP) is 2.97. The van der Waals surface area contributed by atoms with E-state index in [4.69, 9.17) is 0 Å². The second-order valence-electron chi connectivity index (χ2n) is 5.30. The summed E-state index contributed by atoms with van der Waals surface area (Å²) in [6.07, 6.45) is 6.24. The van der Waals surface area contributed by atoms with Gasteiger partial charge in [0.05, 0.1) is 22.4 Å². The minimum Gasteiger partial charge on any atom is -0.311 e. The SMILES string of the molecule is CCn1ncc(Br)c1C(NC)C1C2CCCC21. The average Bonchev–Trinajstić information content (AvgIpc) is 2.71. The summed E-state index contributed by atoms with van der Waals surface area (Å²) in [5, 5.41) is 7.96. The zero-order valence-electron chi connectivity index (χ0n) is 10.5. The van der Waals surface area contributed by atoms with Gasteiger partial charge >= 0.3 is 0 Å². The third-order valence-electron chi connectivity index (χ3n) is 4.60. The van der Waals surface area contributed by atoms with Gasteiger partial charge in [-0.1, -0.05) is 6.42 Å². The van der Waals surface area contributed by atoms with Crippen molar-refractivity contribution < 1.29 is 0 Å². The van der Waals surface area contributed by atoms with Crippen LogP contribution in [0.25, 0.3) is 0 Å². The standard InChI is InChI=1S/C13H20BrN3/c1-3-17-13(10(14)7-16-17)12(15-2)11-8-5-4-6-9(8)11/h7-9,11-12,15H,3-6H2,1-2H3. The summed E-state index contributed by atoms with van der Waals surface area (Å²) >= 11 is 3.65. The molecule has 3 rings (SSSR count). The maximum Gasteiger partial charge on any atom is 0.0698 e. The van der Waals surface area contributed by atoms with Gasteiger partial charge in [-0.2, -0.15) is 5.10 Å². The van der Waals surface area contributed by atoms with Gasteiger partial charge in [0, 0.05) is 6.54 Å². The van der Waals surface area contributed by atoms with Crippen molar-refractivity contribution >= 4 is 15.9 Å². The molecule has 2 fully saturated rings. The van der Waals surface area contributed by atoms with E-state index in [2.05, 4.69) is 45.0 Å². The van der Waals surface area contributed by atoms with Gasteiger partial charge in [0.25, 0.3) is 0 Å². The fourth-order valence-corrected chi connectivity index (χ4v) is 4.36. The van der Waals surface area contributed by atoms with Gasteiger partial charge in [0.15, 0.2) is 0 Å². The lowest BCUT2D eigenvalue weighted by Crippen LogP contribution is -2.24. The van der Waals surface area contributed by atoms with E-state index in [1.807, 2.05) is 6.20 Å². The molecule has 0 spiro atoms. The molecule has 4 heteroatoms. The van der Waals surface area contributed by atoms with Crippen LogP contribution in [0.1, 0.15) is 37.9 Å². The van der Waals surface area contributed by atoms with Crippen LogP contribution in [0.4, 0.5) is 0 Å². The maximum absolute atomic E-state index is 4.44. The Morgan fingerprint density at radius 2 is 2.24 bits per heavy atom. The normalized spacial score (nSPS) is 32.5. The van der Waals surface area contributed by atoms with Gasteiger partial charge < -0.3 is 5.32 Å². The first-order valence-corrected chi connectivity index (χ1v) is 7.45. The van der Waals surface area contributed by atoms with Crippen LogP contribution < -0.4 is 5.32 Å². The Balaban J connectivity index is 1.87. The highest BCUT2D eigenvalue weighted by Crippen LogP contribution is 2.62. The molecule has 0 radical (unpaired) electrons. The molecule has 1 N–H and O–H groups in total. The average molecular weight is 298 g/mol. The molecule has 0 aromatic carbocycles. The third-order valence-corrected chi connectivity index (χ3v) is 5.21. The lowest BCUT2D eigenvalue weighted by Gasteiger charge is -2.20. The second-order valence-corrected chi connectivity index (χ2v) is 6.15. The van der Waals surface area contributed by atoms with Crippen LogP contribution in [0.2, 0.25) is 0 Å². The van der Waals surface area contributed by atoms with E-state index in [0.29, 0.717) is 6.04 Å².